The maximum atomic E-state index is 12.2. The van der Waals surface area contributed by atoms with Crippen LogP contribution >= 0.6 is 11.8 Å². The second kappa shape index (κ2) is 6.62. The first-order valence-corrected chi connectivity index (χ1v) is 7.68. The van der Waals surface area contributed by atoms with Crippen LogP contribution in [0.25, 0.3) is 6.08 Å². The van der Waals surface area contributed by atoms with Gasteiger partial charge in [0.15, 0.2) is 0 Å². The summed E-state index contributed by atoms with van der Waals surface area (Å²) in [6.45, 7) is 0.218. The maximum Gasteiger partial charge on any atom is 0.335 e. The number of hydrogen-bond donors (Lipinski definition) is 0. The van der Waals surface area contributed by atoms with E-state index in [1.54, 1.807) is 19.4 Å². The Morgan fingerprint density at radius 2 is 2.32 bits per heavy atom. The van der Waals surface area contributed by atoms with Crippen molar-refractivity contribution < 1.29 is 14.3 Å². The van der Waals surface area contributed by atoms with Crippen LogP contribution in [0.5, 0.6) is 5.75 Å². The molecule has 2 aromatic rings. The Morgan fingerprint density at radius 3 is 3.18 bits per heavy atom. The molecule has 0 aliphatic carbocycles. The molecule has 2 heterocycles. The Labute approximate surface area is 132 Å². The molecule has 0 radical (unpaired) electrons. The topological polar surface area (TPSA) is 61.3 Å². The number of thioether (sulfide) groups is 1. The number of esters is 1. The number of methoxy groups -OCH3 is 1. The molecule has 0 amide bonds. The summed E-state index contributed by atoms with van der Waals surface area (Å²) in [5.41, 5.74) is 2.36. The van der Waals surface area contributed by atoms with Crippen molar-refractivity contribution in [1.29, 1.82) is 0 Å². The van der Waals surface area contributed by atoms with Crippen molar-refractivity contribution in [3.63, 3.8) is 0 Å². The SMILES string of the molecule is COc1cccc(COC(=O)C2=Cc3cncnc3SC2)c1. The van der Waals surface area contributed by atoms with E-state index in [4.69, 9.17) is 9.47 Å². The number of benzene rings is 1. The zero-order chi connectivity index (χ0) is 15.4. The first kappa shape index (κ1) is 14.6. The minimum atomic E-state index is -0.315. The van der Waals surface area contributed by atoms with Gasteiger partial charge in [-0.25, -0.2) is 14.8 Å². The van der Waals surface area contributed by atoms with E-state index in [0.717, 1.165) is 21.9 Å². The van der Waals surface area contributed by atoms with Crippen molar-refractivity contribution in [1.82, 2.24) is 9.97 Å². The molecule has 0 saturated carbocycles. The van der Waals surface area contributed by atoms with Crippen LogP contribution < -0.4 is 4.74 Å². The van der Waals surface area contributed by atoms with Gasteiger partial charge in [0.25, 0.3) is 0 Å². The summed E-state index contributed by atoms with van der Waals surface area (Å²) in [4.78, 5) is 20.3. The molecule has 1 aromatic carbocycles. The molecule has 0 spiro atoms. The molecular formula is C16H14N2O3S. The molecule has 112 valence electrons. The number of hydrogen-bond acceptors (Lipinski definition) is 6. The van der Waals surface area contributed by atoms with Gasteiger partial charge in [-0.2, -0.15) is 0 Å². The smallest absolute Gasteiger partial charge is 0.335 e. The van der Waals surface area contributed by atoms with Gasteiger partial charge in [-0.05, 0) is 23.8 Å². The average molecular weight is 314 g/mol. The predicted octanol–water partition coefficient (Wildman–Crippen LogP) is 2.72. The highest BCUT2D eigenvalue weighted by atomic mass is 32.2. The highest BCUT2D eigenvalue weighted by Crippen LogP contribution is 2.29. The zero-order valence-corrected chi connectivity index (χ0v) is 12.8. The molecule has 1 aromatic heterocycles. The van der Waals surface area contributed by atoms with Crippen molar-refractivity contribution in [2.45, 2.75) is 11.6 Å². The highest BCUT2D eigenvalue weighted by Gasteiger charge is 2.18. The predicted molar refractivity (Wildman–Crippen MR) is 83.5 cm³/mol. The molecule has 0 atom stereocenters. The third-order valence-electron chi connectivity index (χ3n) is 3.16. The van der Waals surface area contributed by atoms with E-state index in [-0.39, 0.29) is 12.6 Å². The Balaban J connectivity index is 1.66. The molecule has 1 aliphatic heterocycles. The fourth-order valence-electron chi connectivity index (χ4n) is 2.05. The molecule has 0 N–H and O–H groups in total. The largest absolute Gasteiger partial charge is 0.497 e. The number of fused-ring (bicyclic) bond motifs is 1. The Morgan fingerprint density at radius 1 is 1.41 bits per heavy atom. The van der Waals surface area contributed by atoms with Crippen molar-refractivity contribution in [2.75, 3.05) is 12.9 Å². The summed E-state index contributed by atoms with van der Waals surface area (Å²) >= 11 is 1.51. The normalized spacial score (nSPS) is 13.0. The van der Waals surface area contributed by atoms with Crippen LogP contribution in [0.4, 0.5) is 0 Å². The summed E-state index contributed by atoms with van der Waals surface area (Å²) in [5.74, 6) is 0.984. The van der Waals surface area contributed by atoms with E-state index < -0.39 is 0 Å². The Hall–Kier alpha value is -2.34. The number of carbonyl (C=O) groups excluding carboxylic acids is 1. The molecule has 0 unspecified atom stereocenters. The first-order valence-electron chi connectivity index (χ1n) is 6.69. The highest BCUT2D eigenvalue weighted by molar-refractivity contribution is 7.99. The van der Waals surface area contributed by atoms with E-state index in [2.05, 4.69) is 9.97 Å². The standard InChI is InChI=1S/C16H14N2O3S/c1-20-14-4-2-3-11(5-14)8-21-16(19)13-6-12-7-17-10-18-15(12)22-9-13/h2-7,10H,8-9H2,1H3. The van der Waals surface area contributed by atoms with Crippen LogP contribution in [-0.4, -0.2) is 28.8 Å². The van der Waals surface area contributed by atoms with E-state index in [9.17, 15) is 4.79 Å². The molecule has 22 heavy (non-hydrogen) atoms. The van der Waals surface area contributed by atoms with Gasteiger partial charge in [0.2, 0.25) is 0 Å². The van der Waals surface area contributed by atoms with Gasteiger partial charge in [-0.3, -0.25) is 0 Å². The fourth-order valence-corrected chi connectivity index (χ4v) is 2.94. The number of aromatic nitrogens is 2. The van der Waals surface area contributed by atoms with Crippen LogP contribution in [0.15, 0.2) is 47.4 Å². The molecule has 0 bridgehead atoms. The van der Waals surface area contributed by atoms with Crippen molar-refractivity contribution in [2.24, 2.45) is 0 Å². The lowest BCUT2D eigenvalue weighted by molar-refractivity contribution is -0.140. The van der Waals surface area contributed by atoms with E-state index in [0.29, 0.717) is 11.3 Å². The van der Waals surface area contributed by atoms with Gasteiger partial charge in [0.05, 0.1) is 7.11 Å². The molecular weight excluding hydrogens is 300 g/mol. The average Bonchev–Trinajstić information content (AvgIpc) is 2.59. The second-order valence-electron chi connectivity index (χ2n) is 4.67. The van der Waals surface area contributed by atoms with Crippen LogP contribution in [0.3, 0.4) is 0 Å². The third-order valence-corrected chi connectivity index (χ3v) is 4.23. The number of carbonyl (C=O) groups is 1. The van der Waals surface area contributed by atoms with Gasteiger partial charge in [0, 0.05) is 23.1 Å². The molecule has 0 fully saturated rings. The minimum absolute atomic E-state index is 0.218. The third kappa shape index (κ3) is 3.28. The second-order valence-corrected chi connectivity index (χ2v) is 5.63. The van der Waals surface area contributed by atoms with Crippen LogP contribution in [0, 0.1) is 0 Å². The van der Waals surface area contributed by atoms with Gasteiger partial charge in [-0.1, -0.05) is 12.1 Å². The molecule has 1 aliphatic rings. The molecule has 3 rings (SSSR count). The van der Waals surface area contributed by atoms with E-state index in [1.807, 2.05) is 24.3 Å². The number of nitrogens with zero attached hydrogens (tertiary/aromatic N) is 2. The summed E-state index contributed by atoms with van der Waals surface area (Å²) in [6, 6.07) is 7.46. The van der Waals surface area contributed by atoms with Gasteiger partial charge < -0.3 is 9.47 Å². The minimum Gasteiger partial charge on any atom is -0.497 e. The summed E-state index contributed by atoms with van der Waals surface area (Å²) in [7, 11) is 1.61. The number of rotatable bonds is 4. The molecule has 6 heteroatoms. The van der Waals surface area contributed by atoms with Crippen LogP contribution in [0.2, 0.25) is 0 Å². The Bertz CT molecular complexity index is 731. The maximum absolute atomic E-state index is 12.2. The zero-order valence-electron chi connectivity index (χ0n) is 12.0. The quantitative estimate of drug-likeness (QED) is 0.639. The Kier molecular flexibility index (Phi) is 4.39. The van der Waals surface area contributed by atoms with Gasteiger partial charge in [-0.15, -0.1) is 11.8 Å². The summed E-state index contributed by atoms with van der Waals surface area (Å²) in [5, 5.41) is 0.888. The first-order chi connectivity index (χ1) is 10.8. The summed E-state index contributed by atoms with van der Waals surface area (Å²) < 4.78 is 10.5. The molecule has 5 nitrogen and oxygen atoms in total. The lowest BCUT2D eigenvalue weighted by atomic mass is 10.2. The lowest BCUT2D eigenvalue weighted by Gasteiger charge is -2.14. The van der Waals surface area contributed by atoms with Gasteiger partial charge >= 0.3 is 5.97 Å². The lowest BCUT2D eigenvalue weighted by Crippen LogP contribution is -2.12. The van der Waals surface area contributed by atoms with Crippen molar-refractivity contribution in [3.05, 3.63) is 53.5 Å². The monoisotopic (exact) mass is 314 g/mol. The molecule has 0 saturated heterocycles. The van der Waals surface area contributed by atoms with E-state index >= 15 is 0 Å². The number of ether oxygens (including phenoxy) is 2. The van der Waals surface area contributed by atoms with E-state index in [1.165, 1.54) is 18.1 Å². The fraction of sp³-hybridized carbons (Fsp3) is 0.188. The van der Waals surface area contributed by atoms with Crippen LogP contribution in [0.1, 0.15) is 11.1 Å². The summed E-state index contributed by atoms with van der Waals surface area (Å²) in [6.07, 6.45) is 5.00. The van der Waals surface area contributed by atoms with Crippen LogP contribution in [-0.2, 0) is 16.1 Å². The van der Waals surface area contributed by atoms with Crippen molar-refractivity contribution in [3.8, 4) is 5.75 Å². The van der Waals surface area contributed by atoms with Crippen molar-refractivity contribution >= 4 is 23.8 Å². The van der Waals surface area contributed by atoms with Gasteiger partial charge in [0.1, 0.15) is 23.7 Å².